The number of fused-ring (bicyclic) bond motifs is 3. The molecule has 0 saturated heterocycles. The smallest absolute Gasteiger partial charge is 0.272 e. The van der Waals surface area contributed by atoms with Crippen LogP contribution in [0, 0.1) is 0 Å². The first-order chi connectivity index (χ1) is 11.8. The van der Waals surface area contributed by atoms with Crippen LogP contribution in [0.25, 0.3) is 33.5 Å². The van der Waals surface area contributed by atoms with Crippen molar-refractivity contribution in [1.29, 1.82) is 0 Å². The Hall–Kier alpha value is -2.72. The lowest BCUT2D eigenvalue weighted by atomic mass is 10.2. The maximum atomic E-state index is 6.06. The number of nitrogens with zero attached hydrogens (tertiary/aromatic N) is 2. The number of rotatable bonds is 4. The van der Waals surface area contributed by atoms with Crippen molar-refractivity contribution in [1.82, 2.24) is 9.97 Å². The number of benzene rings is 2. The lowest BCUT2D eigenvalue weighted by Gasteiger charge is -2.08. The highest BCUT2D eigenvalue weighted by molar-refractivity contribution is 6.05. The van der Waals surface area contributed by atoms with E-state index in [0.29, 0.717) is 6.04 Å². The van der Waals surface area contributed by atoms with Crippen LogP contribution in [0.4, 0.5) is 5.82 Å². The van der Waals surface area contributed by atoms with Crippen LogP contribution in [0.1, 0.15) is 20.3 Å². The van der Waals surface area contributed by atoms with Gasteiger partial charge in [0.05, 0.1) is 6.04 Å². The highest BCUT2D eigenvalue weighted by Crippen LogP contribution is 2.31. The van der Waals surface area contributed by atoms with E-state index in [9.17, 15) is 0 Å². The fraction of sp³-hybridized carbons (Fsp3) is 0.200. The molecule has 0 aliphatic carbocycles. The molecule has 0 fully saturated rings. The maximum absolute atomic E-state index is 6.06. The van der Waals surface area contributed by atoms with Crippen molar-refractivity contribution in [2.75, 3.05) is 0 Å². The molecule has 0 saturated carbocycles. The van der Waals surface area contributed by atoms with E-state index >= 15 is 0 Å². The predicted molar refractivity (Wildman–Crippen MR) is 96.1 cm³/mol. The number of nitrogens with two attached hydrogens (primary N) is 1. The Morgan fingerprint density at radius 1 is 1.00 bits per heavy atom. The lowest BCUT2D eigenvalue weighted by Crippen LogP contribution is -2.84. The van der Waals surface area contributed by atoms with E-state index in [2.05, 4.69) is 25.2 Å². The first-order valence-corrected chi connectivity index (χ1v) is 8.36. The SMILES string of the molecule is CCC(C)[NH2+]c1nc(-c2ccccc2)nc2c1oc1ccccc12. The molecule has 4 heteroatoms. The summed E-state index contributed by atoms with van der Waals surface area (Å²) in [5.74, 6) is 1.62. The van der Waals surface area contributed by atoms with Gasteiger partial charge in [-0.1, -0.05) is 49.4 Å². The van der Waals surface area contributed by atoms with Gasteiger partial charge in [-0.2, -0.15) is 4.98 Å². The summed E-state index contributed by atoms with van der Waals surface area (Å²) in [5.41, 5.74) is 3.53. The number of hydrogen-bond acceptors (Lipinski definition) is 3. The molecule has 1 atom stereocenters. The van der Waals surface area contributed by atoms with Crippen molar-refractivity contribution in [3.05, 3.63) is 54.6 Å². The second-order valence-electron chi connectivity index (χ2n) is 6.13. The molecule has 0 radical (unpaired) electrons. The summed E-state index contributed by atoms with van der Waals surface area (Å²) in [5, 5.41) is 3.21. The molecule has 4 nitrogen and oxygen atoms in total. The van der Waals surface area contributed by atoms with Gasteiger partial charge in [0.2, 0.25) is 5.58 Å². The summed E-state index contributed by atoms with van der Waals surface area (Å²) in [6.07, 6.45) is 1.06. The molecule has 0 aliphatic rings. The molecule has 2 aromatic carbocycles. The monoisotopic (exact) mass is 318 g/mol. The van der Waals surface area contributed by atoms with Gasteiger partial charge >= 0.3 is 0 Å². The van der Waals surface area contributed by atoms with E-state index in [4.69, 9.17) is 14.4 Å². The van der Waals surface area contributed by atoms with Crippen molar-refractivity contribution in [2.24, 2.45) is 0 Å². The molecule has 4 aromatic rings. The van der Waals surface area contributed by atoms with Crippen molar-refractivity contribution in [2.45, 2.75) is 26.3 Å². The molecule has 0 aliphatic heterocycles. The topological polar surface area (TPSA) is 55.5 Å². The standard InChI is InChI=1S/C20H19N3O/c1-3-13(2)21-20-18-17(15-11-7-8-12-16(15)24-18)22-19(23-20)14-9-5-4-6-10-14/h4-13H,3H2,1-2H3,(H,21,22,23)/p+1. The van der Waals surface area contributed by atoms with Gasteiger partial charge in [0, 0.05) is 10.9 Å². The average molecular weight is 318 g/mol. The van der Waals surface area contributed by atoms with Crippen LogP contribution in [-0.4, -0.2) is 16.0 Å². The van der Waals surface area contributed by atoms with E-state index in [0.717, 1.165) is 45.7 Å². The Bertz CT molecular complexity index is 992. The summed E-state index contributed by atoms with van der Waals surface area (Å²) in [6.45, 7) is 4.37. The Kier molecular flexibility index (Phi) is 3.75. The summed E-state index contributed by atoms with van der Waals surface area (Å²) in [6, 6.07) is 18.5. The fourth-order valence-corrected chi connectivity index (χ4v) is 2.83. The Morgan fingerprint density at radius 2 is 1.75 bits per heavy atom. The van der Waals surface area contributed by atoms with Crippen LogP contribution in [0.3, 0.4) is 0 Å². The number of para-hydroxylation sites is 1. The Morgan fingerprint density at radius 3 is 2.54 bits per heavy atom. The molecule has 2 aromatic heterocycles. The third-order valence-corrected chi connectivity index (χ3v) is 4.36. The van der Waals surface area contributed by atoms with Gasteiger partial charge in [0.25, 0.3) is 5.82 Å². The maximum Gasteiger partial charge on any atom is 0.272 e. The molecular weight excluding hydrogens is 298 g/mol. The molecule has 1 unspecified atom stereocenters. The minimum Gasteiger partial charge on any atom is -0.446 e. The fourth-order valence-electron chi connectivity index (χ4n) is 2.83. The van der Waals surface area contributed by atoms with Gasteiger partial charge in [-0.15, -0.1) is 0 Å². The van der Waals surface area contributed by atoms with Crippen LogP contribution in [0.2, 0.25) is 0 Å². The molecule has 120 valence electrons. The molecule has 0 amide bonds. The lowest BCUT2D eigenvalue weighted by molar-refractivity contribution is -0.609. The summed E-state index contributed by atoms with van der Waals surface area (Å²) in [7, 11) is 0. The molecule has 0 bridgehead atoms. The highest BCUT2D eigenvalue weighted by Gasteiger charge is 2.20. The zero-order chi connectivity index (χ0) is 16.5. The van der Waals surface area contributed by atoms with E-state index in [-0.39, 0.29) is 0 Å². The third kappa shape index (κ3) is 2.55. The normalized spacial score (nSPS) is 12.8. The first kappa shape index (κ1) is 14.8. The van der Waals surface area contributed by atoms with Gasteiger partial charge in [0.1, 0.15) is 11.1 Å². The predicted octanol–water partition coefficient (Wildman–Crippen LogP) is 4.04. The molecule has 0 spiro atoms. The second-order valence-corrected chi connectivity index (χ2v) is 6.13. The van der Waals surface area contributed by atoms with Gasteiger partial charge in [-0.25, -0.2) is 4.98 Å². The summed E-state index contributed by atoms with van der Waals surface area (Å²) < 4.78 is 6.06. The van der Waals surface area contributed by atoms with Crippen molar-refractivity contribution in [3.8, 4) is 11.4 Å². The van der Waals surface area contributed by atoms with E-state index in [1.54, 1.807) is 0 Å². The van der Waals surface area contributed by atoms with Crippen LogP contribution < -0.4 is 5.32 Å². The van der Waals surface area contributed by atoms with Crippen molar-refractivity contribution < 1.29 is 9.73 Å². The first-order valence-electron chi connectivity index (χ1n) is 8.36. The van der Waals surface area contributed by atoms with Crippen LogP contribution in [-0.2, 0) is 0 Å². The average Bonchev–Trinajstić information content (AvgIpc) is 3.01. The van der Waals surface area contributed by atoms with Crippen LogP contribution in [0.15, 0.2) is 59.0 Å². The van der Waals surface area contributed by atoms with Crippen LogP contribution in [0.5, 0.6) is 0 Å². The minimum atomic E-state index is 0.430. The van der Waals surface area contributed by atoms with Crippen molar-refractivity contribution in [3.63, 3.8) is 0 Å². The van der Waals surface area contributed by atoms with Gasteiger partial charge in [-0.05, 0) is 25.5 Å². The molecule has 4 rings (SSSR count). The number of hydrogen-bond donors (Lipinski definition) is 1. The zero-order valence-electron chi connectivity index (χ0n) is 13.9. The van der Waals surface area contributed by atoms with E-state index in [1.807, 2.05) is 48.5 Å². The number of furan rings is 1. The molecule has 2 N–H and O–H groups in total. The highest BCUT2D eigenvalue weighted by atomic mass is 16.3. The number of aromatic nitrogens is 2. The molecule has 2 heterocycles. The second kappa shape index (κ2) is 6.06. The Balaban J connectivity index is 1.99. The number of quaternary nitrogens is 1. The minimum absolute atomic E-state index is 0.430. The van der Waals surface area contributed by atoms with E-state index < -0.39 is 0 Å². The molecule has 24 heavy (non-hydrogen) atoms. The van der Waals surface area contributed by atoms with Gasteiger partial charge in [-0.3, -0.25) is 5.32 Å². The van der Waals surface area contributed by atoms with Gasteiger partial charge in [0.15, 0.2) is 5.82 Å². The summed E-state index contributed by atoms with van der Waals surface area (Å²) in [4.78, 5) is 9.60. The quantitative estimate of drug-likeness (QED) is 0.618. The van der Waals surface area contributed by atoms with E-state index in [1.165, 1.54) is 0 Å². The Labute approximate surface area is 140 Å². The van der Waals surface area contributed by atoms with Crippen molar-refractivity contribution >= 4 is 27.9 Å². The molecular formula is C20H20N3O+. The largest absolute Gasteiger partial charge is 0.446 e. The van der Waals surface area contributed by atoms with Gasteiger partial charge < -0.3 is 4.42 Å². The summed E-state index contributed by atoms with van der Waals surface area (Å²) >= 11 is 0. The zero-order valence-corrected chi connectivity index (χ0v) is 13.9. The third-order valence-electron chi connectivity index (χ3n) is 4.36. The van der Waals surface area contributed by atoms with Crippen LogP contribution >= 0.6 is 0 Å².